The average Bonchev–Trinajstić information content (AvgIpc) is 2.76. The number of carbonyl (C=O) groups excluding carboxylic acids is 1. The fraction of sp³-hybridized carbons (Fsp3) is 0.160. The third kappa shape index (κ3) is 3.37. The van der Waals surface area contributed by atoms with Crippen LogP contribution in [0.2, 0.25) is 0 Å². The molecule has 0 aliphatic rings. The van der Waals surface area contributed by atoms with Gasteiger partial charge in [-0.15, -0.1) is 0 Å². The van der Waals surface area contributed by atoms with Crippen molar-refractivity contribution >= 4 is 27.5 Å². The van der Waals surface area contributed by atoms with Crippen LogP contribution < -0.4 is 0 Å². The summed E-state index contributed by atoms with van der Waals surface area (Å²) < 4.78 is 11.2. The molecule has 4 aromatic rings. The van der Waals surface area contributed by atoms with E-state index in [9.17, 15) is 4.79 Å². The maximum atomic E-state index is 12.7. The van der Waals surface area contributed by atoms with E-state index in [-0.39, 0.29) is 5.97 Å². The molecule has 0 fully saturated rings. The first kappa shape index (κ1) is 18.2. The highest BCUT2D eigenvalue weighted by Gasteiger charge is 2.25. The van der Waals surface area contributed by atoms with Crippen LogP contribution in [-0.4, -0.2) is 19.2 Å². The number of rotatable bonds is 5. The molecule has 1 atom stereocenters. The number of carbonyl (C=O) groups is 1. The smallest absolute Gasteiger partial charge is 0.335 e. The lowest BCUT2D eigenvalue weighted by atomic mass is 9.92. The van der Waals surface area contributed by atoms with Crippen LogP contribution in [0.25, 0.3) is 21.5 Å². The number of esters is 1. The molecule has 4 aromatic carbocycles. The van der Waals surface area contributed by atoms with Crippen molar-refractivity contribution in [3.05, 3.63) is 96.1 Å². The second kappa shape index (κ2) is 7.83. The molecule has 3 heteroatoms. The minimum absolute atomic E-state index is 0.381. The van der Waals surface area contributed by atoms with Gasteiger partial charge in [0.25, 0.3) is 0 Å². The molecule has 28 heavy (non-hydrogen) atoms. The van der Waals surface area contributed by atoms with E-state index in [0.717, 1.165) is 32.7 Å². The predicted molar refractivity (Wildman–Crippen MR) is 112 cm³/mol. The zero-order valence-electron chi connectivity index (χ0n) is 16.0. The number of ether oxygens (including phenoxy) is 2. The minimum Gasteiger partial charge on any atom is -0.451 e. The summed E-state index contributed by atoms with van der Waals surface area (Å²) in [5, 5.41) is 4.36. The number of hydrogen-bond acceptors (Lipinski definition) is 3. The van der Waals surface area contributed by atoms with Gasteiger partial charge in [0.15, 0.2) is 12.2 Å². The van der Waals surface area contributed by atoms with Crippen LogP contribution in [-0.2, 0) is 14.3 Å². The Balaban J connectivity index is 1.93. The van der Waals surface area contributed by atoms with Gasteiger partial charge in [-0.3, -0.25) is 0 Å². The molecule has 4 rings (SSSR count). The highest BCUT2D eigenvalue weighted by Crippen LogP contribution is 2.35. The Hall–Kier alpha value is -3.17. The van der Waals surface area contributed by atoms with Gasteiger partial charge in [-0.2, -0.15) is 0 Å². The molecule has 0 unspecified atom stereocenters. The summed E-state index contributed by atoms with van der Waals surface area (Å²) in [5.41, 5.74) is 1.93. The molecule has 0 aromatic heterocycles. The monoisotopic (exact) mass is 370 g/mol. The second-order valence-corrected chi connectivity index (χ2v) is 6.83. The van der Waals surface area contributed by atoms with Gasteiger partial charge in [0, 0.05) is 18.2 Å². The van der Waals surface area contributed by atoms with Crippen LogP contribution in [0.5, 0.6) is 0 Å². The van der Waals surface area contributed by atoms with Gasteiger partial charge in [0.2, 0.25) is 0 Å². The lowest BCUT2D eigenvalue weighted by molar-refractivity contribution is -0.158. The first-order valence-electron chi connectivity index (χ1n) is 9.37. The molecule has 0 bridgehead atoms. The summed E-state index contributed by atoms with van der Waals surface area (Å²) in [6.45, 7) is 1.70. The van der Waals surface area contributed by atoms with Crippen molar-refractivity contribution in [2.24, 2.45) is 0 Å². The normalized spacial score (nSPS) is 12.4. The Morgan fingerprint density at radius 1 is 0.714 bits per heavy atom. The summed E-state index contributed by atoms with van der Waals surface area (Å²) in [6.07, 6.45) is -1.16. The van der Waals surface area contributed by atoms with Crippen molar-refractivity contribution in [3.8, 4) is 0 Å². The molecule has 0 radical (unpaired) electrons. The lowest BCUT2D eigenvalue weighted by Gasteiger charge is -2.23. The Morgan fingerprint density at radius 3 is 1.68 bits per heavy atom. The highest BCUT2D eigenvalue weighted by molar-refractivity contribution is 5.90. The van der Waals surface area contributed by atoms with Crippen molar-refractivity contribution in [3.63, 3.8) is 0 Å². The SMILES string of the molecule is CO[C@H](C)C(=O)OC(c1cccc2ccccc12)c1cccc2ccccc12. The predicted octanol–water partition coefficient (Wildman–Crippen LogP) is 5.66. The second-order valence-electron chi connectivity index (χ2n) is 6.83. The quantitative estimate of drug-likeness (QED) is 0.425. The Morgan fingerprint density at radius 2 is 1.18 bits per heavy atom. The number of fused-ring (bicyclic) bond motifs is 2. The van der Waals surface area contributed by atoms with Crippen LogP contribution in [0.3, 0.4) is 0 Å². The molecule has 140 valence electrons. The topological polar surface area (TPSA) is 35.5 Å². The maximum Gasteiger partial charge on any atom is 0.335 e. The van der Waals surface area contributed by atoms with Crippen molar-refractivity contribution in [1.82, 2.24) is 0 Å². The molecular formula is C25H22O3. The van der Waals surface area contributed by atoms with E-state index >= 15 is 0 Å². The van der Waals surface area contributed by atoms with Crippen LogP contribution in [0.1, 0.15) is 24.2 Å². The molecule has 0 spiro atoms. The number of methoxy groups -OCH3 is 1. The highest BCUT2D eigenvalue weighted by atomic mass is 16.6. The maximum absolute atomic E-state index is 12.7. The zero-order chi connectivity index (χ0) is 19.5. The molecule has 0 aliphatic carbocycles. The van der Waals surface area contributed by atoms with E-state index < -0.39 is 12.2 Å². The van der Waals surface area contributed by atoms with E-state index in [1.165, 1.54) is 7.11 Å². The van der Waals surface area contributed by atoms with Gasteiger partial charge in [-0.1, -0.05) is 84.9 Å². The molecule has 0 saturated heterocycles. The van der Waals surface area contributed by atoms with Crippen LogP contribution >= 0.6 is 0 Å². The van der Waals surface area contributed by atoms with Gasteiger partial charge in [0.1, 0.15) is 0 Å². The van der Waals surface area contributed by atoms with E-state index in [1.807, 2.05) is 48.5 Å². The first-order chi connectivity index (χ1) is 13.7. The Bertz CT molecular complexity index is 1040. The van der Waals surface area contributed by atoms with Crippen molar-refractivity contribution in [1.29, 1.82) is 0 Å². The van der Waals surface area contributed by atoms with Crippen molar-refractivity contribution in [2.75, 3.05) is 7.11 Å². The summed E-state index contributed by atoms with van der Waals surface area (Å²) in [7, 11) is 1.51. The molecule has 0 saturated carbocycles. The minimum atomic E-state index is -0.632. The standard InChI is InChI=1S/C25H22O3/c1-17(27-2)25(26)28-24(22-15-7-11-18-9-3-5-13-20(18)22)23-16-8-12-19-10-4-6-14-21(19)23/h3-17,24H,1-2H3/t17-/m1/s1. The third-order valence-electron chi connectivity index (χ3n) is 5.13. The molecule has 0 aliphatic heterocycles. The van der Waals surface area contributed by atoms with E-state index in [4.69, 9.17) is 9.47 Å². The first-order valence-corrected chi connectivity index (χ1v) is 9.37. The third-order valence-corrected chi connectivity index (χ3v) is 5.13. The molecule has 0 N–H and O–H groups in total. The van der Waals surface area contributed by atoms with Gasteiger partial charge in [-0.25, -0.2) is 4.79 Å². The van der Waals surface area contributed by atoms with Gasteiger partial charge >= 0.3 is 5.97 Å². The fourth-order valence-electron chi connectivity index (χ4n) is 3.56. The molecule has 3 nitrogen and oxygen atoms in total. The summed E-state index contributed by atoms with van der Waals surface area (Å²) in [4.78, 5) is 12.7. The molecule has 0 amide bonds. The van der Waals surface area contributed by atoms with Crippen molar-refractivity contribution in [2.45, 2.75) is 19.1 Å². The van der Waals surface area contributed by atoms with Crippen LogP contribution in [0.15, 0.2) is 84.9 Å². The fourth-order valence-corrected chi connectivity index (χ4v) is 3.56. The Kier molecular flexibility index (Phi) is 5.09. The summed E-state index contributed by atoms with van der Waals surface area (Å²) in [6, 6.07) is 28.5. The zero-order valence-corrected chi connectivity index (χ0v) is 16.0. The summed E-state index contributed by atoms with van der Waals surface area (Å²) >= 11 is 0. The number of benzene rings is 4. The van der Waals surface area contributed by atoms with E-state index in [1.54, 1.807) is 6.92 Å². The van der Waals surface area contributed by atoms with Gasteiger partial charge < -0.3 is 9.47 Å². The molecule has 0 heterocycles. The lowest BCUT2D eigenvalue weighted by Crippen LogP contribution is -2.24. The largest absolute Gasteiger partial charge is 0.451 e. The average molecular weight is 370 g/mol. The van der Waals surface area contributed by atoms with E-state index in [2.05, 4.69) is 36.4 Å². The van der Waals surface area contributed by atoms with Gasteiger partial charge in [-0.05, 0) is 28.5 Å². The Labute approximate surface area is 164 Å². The molecular weight excluding hydrogens is 348 g/mol. The van der Waals surface area contributed by atoms with Crippen LogP contribution in [0, 0.1) is 0 Å². The van der Waals surface area contributed by atoms with Crippen LogP contribution in [0.4, 0.5) is 0 Å². The van der Waals surface area contributed by atoms with E-state index in [0.29, 0.717) is 0 Å². The van der Waals surface area contributed by atoms with Gasteiger partial charge in [0.05, 0.1) is 0 Å². The summed E-state index contributed by atoms with van der Waals surface area (Å²) in [5.74, 6) is -0.381. The van der Waals surface area contributed by atoms with Crippen molar-refractivity contribution < 1.29 is 14.3 Å². The number of hydrogen-bond donors (Lipinski definition) is 0.